The van der Waals surface area contributed by atoms with Gasteiger partial charge >= 0.3 is 6.18 Å². The highest BCUT2D eigenvalue weighted by Crippen LogP contribution is 2.30. The Kier molecular flexibility index (Phi) is 4.28. The fourth-order valence-corrected chi connectivity index (χ4v) is 1.96. The number of rotatable bonds is 4. The highest BCUT2D eigenvalue weighted by Gasteiger charge is 2.30. The molecule has 22 heavy (non-hydrogen) atoms. The van der Waals surface area contributed by atoms with Gasteiger partial charge in [0.25, 0.3) is 0 Å². The molecule has 2 N–H and O–H groups in total. The first-order valence-electron chi connectivity index (χ1n) is 6.94. The van der Waals surface area contributed by atoms with E-state index in [0.717, 1.165) is 18.6 Å². The normalized spacial score (nSPS) is 12.7. The number of nitrogens with two attached hydrogens (primary N) is 1. The summed E-state index contributed by atoms with van der Waals surface area (Å²) in [7, 11) is 0. The fraction of sp³-hybridized carbons (Fsp3) is 0.467. The maximum atomic E-state index is 12.6. The van der Waals surface area contributed by atoms with E-state index in [1.807, 2.05) is 20.8 Å². The van der Waals surface area contributed by atoms with Crippen molar-refractivity contribution in [2.45, 2.75) is 45.5 Å². The van der Waals surface area contributed by atoms with Crippen molar-refractivity contribution >= 4 is 0 Å². The second-order valence-corrected chi connectivity index (χ2v) is 6.02. The number of benzene rings is 1. The van der Waals surface area contributed by atoms with Gasteiger partial charge in [-0.15, -0.1) is 0 Å². The predicted octanol–water partition coefficient (Wildman–Crippen LogP) is 3.40. The van der Waals surface area contributed by atoms with Crippen LogP contribution in [0.5, 0.6) is 0 Å². The number of hydrogen-bond donors (Lipinski definition) is 1. The first kappa shape index (κ1) is 16.5. The van der Waals surface area contributed by atoms with Crippen LogP contribution in [0, 0.1) is 6.92 Å². The molecule has 0 saturated carbocycles. The first-order chi connectivity index (χ1) is 10.1. The zero-order valence-corrected chi connectivity index (χ0v) is 12.8. The number of aromatic nitrogens is 3. The molecule has 4 nitrogen and oxygen atoms in total. The summed E-state index contributed by atoms with van der Waals surface area (Å²) in [5, 5.41) is 4.34. The van der Waals surface area contributed by atoms with Gasteiger partial charge in [-0.05, 0) is 39.3 Å². The Bertz CT molecular complexity index is 636. The average molecular weight is 312 g/mol. The molecule has 0 bridgehead atoms. The molecule has 0 radical (unpaired) electrons. The van der Waals surface area contributed by atoms with E-state index in [1.54, 1.807) is 4.68 Å². The van der Waals surface area contributed by atoms with Gasteiger partial charge in [-0.2, -0.15) is 18.3 Å². The van der Waals surface area contributed by atoms with Gasteiger partial charge in [0.1, 0.15) is 5.82 Å². The molecule has 0 amide bonds. The van der Waals surface area contributed by atoms with Crippen molar-refractivity contribution in [3.63, 3.8) is 0 Å². The van der Waals surface area contributed by atoms with Gasteiger partial charge in [-0.1, -0.05) is 12.1 Å². The lowest BCUT2D eigenvalue weighted by atomic mass is 10.0. The van der Waals surface area contributed by atoms with Gasteiger partial charge in [0.15, 0.2) is 5.82 Å². The lowest BCUT2D eigenvalue weighted by molar-refractivity contribution is -0.137. The maximum absolute atomic E-state index is 12.6. The number of aryl methyl sites for hydroxylation is 2. The average Bonchev–Trinajstić information content (AvgIpc) is 2.76. The van der Waals surface area contributed by atoms with Crippen LogP contribution in [0.15, 0.2) is 24.3 Å². The van der Waals surface area contributed by atoms with Crippen LogP contribution in [-0.4, -0.2) is 20.3 Å². The van der Waals surface area contributed by atoms with Crippen molar-refractivity contribution in [2.75, 3.05) is 0 Å². The minimum atomic E-state index is -4.34. The molecule has 120 valence electrons. The highest BCUT2D eigenvalue weighted by molar-refractivity contribution is 5.55. The quantitative estimate of drug-likeness (QED) is 0.941. The maximum Gasteiger partial charge on any atom is 0.416 e. The first-order valence-corrected chi connectivity index (χ1v) is 6.94. The molecule has 1 aromatic carbocycles. The van der Waals surface area contributed by atoms with E-state index in [9.17, 15) is 13.2 Å². The van der Waals surface area contributed by atoms with E-state index in [1.165, 1.54) is 12.1 Å². The summed E-state index contributed by atoms with van der Waals surface area (Å²) >= 11 is 0. The smallest absolute Gasteiger partial charge is 0.325 e. The number of nitrogens with zero attached hydrogens (tertiary/aromatic N) is 3. The Morgan fingerprint density at radius 2 is 1.73 bits per heavy atom. The number of halogens is 3. The Morgan fingerprint density at radius 3 is 2.23 bits per heavy atom. The zero-order valence-electron chi connectivity index (χ0n) is 12.8. The Morgan fingerprint density at radius 1 is 1.14 bits per heavy atom. The van der Waals surface area contributed by atoms with E-state index >= 15 is 0 Å². The molecule has 1 aromatic heterocycles. The summed E-state index contributed by atoms with van der Waals surface area (Å²) < 4.78 is 39.4. The molecule has 0 aliphatic carbocycles. The second kappa shape index (κ2) is 5.72. The van der Waals surface area contributed by atoms with Crippen molar-refractivity contribution in [1.29, 1.82) is 0 Å². The van der Waals surface area contributed by atoms with Crippen LogP contribution in [0.4, 0.5) is 13.2 Å². The van der Waals surface area contributed by atoms with Crippen LogP contribution in [0.3, 0.4) is 0 Å². The second-order valence-electron chi connectivity index (χ2n) is 6.02. The summed E-state index contributed by atoms with van der Waals surface area (Å²) in [6.45, 7) is 6.28. The molecular weight excluding hydrogens is 293 g/mol. The van der Waals surface area contributed by atoms with E-state index in [4.69, 9.17) is 5.73 Å². The van der Waals surface area contributed by atoms with E-state index in [2.05, 4.69) is 10.1 Å². The predicted molar refractivity (Wildman–Crippen MR) is 78.1 cm³/mol. The highest BCUT2D eigenvalue weighted by atomic mass is 19.4. The van der Waals surface area contributed by atoms with Crippen LogP contribution in [-0.2, 0) is 12.7 Å². The topological polar surface area (TPSA) is 56.7 Å². The molecule has 0 spiro atoms. The SMILES string of the molecule is Cc1nc(-c2ccc(C(F)(F)F)cc2)nn1CCC(C)(C)N. The molecule has 1 heterocycles. The molecule has 0 aliphatic heterocycles. The third-order valence-electron chi connectivity index (χ3n) is 3.30. The molecule has 0 unspecified atom stereocenters. The van der Waals surface area contributed by atoms with Crippen LogP contribution >= 0.6 is 0 Å². The monoisotopic (exact) mass is 312 g/mol. The Balaban J connectivity index is 2.20. The summed E-state index contributed by atoms with van der Waals surface area (Å²) in [5.74, 6) is 1.13. The number of hydrogen-bond acceptors (Lipinski definition) is 3. The molecule has 7 heteroatoms. The van der Waals surface area contributed by atoms with Gasteiger partial charge < -0.3 is 5.73 Å². The summed E-state index contributed by atoms with van der Waals surface area (Å²) in [6, 6.07) is 4.84. The van der Waals surface area contributed by atoms with Crippen LogP contribution < -0.4 is 5.73 Å². The van der Waals surface area contributed by atoms with Crippen molar-refractivity contribution in [2.24, 2.45) is 5.73 Å². The van der Waals surface area contributed by atoms with Crippen molar-refractivity contribution in [1.82, 2.24) is 14.8 Å². The molecule has 0 aliphatic rings. The molecule has 2 rings (SSSR count). The van der Waals surface area contributed by atoms with E-state index < -0.39 is 11.7 Å². The van der Waals surface area contributed by atoms with Gasteiger partial charge in [0.2, 0.25) is 0 Å². The Labute approximate surface area is 127 Å². The van der Waals surface area contributed by atoms with Crippen molar-refractivity contribution < 1.29 is 13.2 Å². The van der Waals surface area contributed by atoms with Crippen molar-refractivity contribution in [3.05, 3.63) is 35.7 Å². The minimum absolute atomic E-state index is 0.313. The molecular formula is C15H19F3N4. The lowest BCUT2D eigenvalue weighted by Gasteiger charge is -2.17. The summed E-state index contributed by atoms with van der Waals surface area (Å²) in [4.78, 5) is 4.30. The standard InChI is InChI=1S/C15H19F3N4/c1-10-20-13(21-22(10)9-8-14(2,3)19)11-4-6-12(7-5-11)15(16,17)18/h4-7H,8-9,19H2,1-3H3. The van der Waals surface area contributed by atoms with Crippen LogP contribution in [0.25, 0.3) is 11.4 Å². The largest absolute Gasteiger partial charge is 0.416 e. The lowest BCUT2D eigenvalue weighted by Crippen LogP contribution is -2.33. The van der Waals surface area contributed by atoms with E-state index in [-0.39, 0.29) is 5.54 Å². The summed E-state index contributed by atoms with van der Waals surface area (Å²) in [6.07, 6.45) is -3.61. The third-order valence-corrected chi connectivity index (χ3v) is 3.30. The van der Waals surface area contributed by atoms with Gasteiger partial charge in [-0.25, -0.2) is 9.67 Å². The Hall–Kier alpha value is -1.89. The zero-order chi connectivity index (χ0) is 16.5. The van der Waals surface area contributed by atoms with E-state index in [0.29, 0.717) is 23.8 Å². The molecule has 0 fully saturated rings. The van der Waals surface area contributed by atoms with Gasteiger partial charge in [0.05, 0.1) is 5.56 Å². The summed E-state index contributed by atoms with van der Waals surface area (Å²) in [5.41, 5.74) is 5.50. The minimum Gasteiger partial charge on any atom is -0.325 e. The molecule has 2 aromatic rings. The third kappa shape index (κ3) is 4.07. The van der Waals surface area contributed by atoms with Gasteiger partial charge in [0, 0.05) is 17.6 Å². The fourth-order valence-electron chi connectivity index (χ4n) is 1.96. The van der Waals surface area contributed by atoms with Crippen LogP contribution in [0.1, 0.15) is 31.7 Å². The number of alkyl halides is 3. The van der Waals surface area contributed by atoms with Gasteiger partial charge in [-0.3, -0.25) is 0 Å². The molecule has 0 saturated heterocycles. The van der Waals surface area contributed by atoms with Crippen molar-refractivity contribution in [3.8, 4) is 11.4 Å². The molecule has 0 atom stereocenters. The van der Waals surface area contributed by atoms with Crippen LogP contribution in [0.2, 0.25) is 0 Å².